The molecule has 2 rings (SSSR count). The van der Waals surface area contributed by atoms with Crippen LogP contribution in [0.15, 0.2) is 42.5 Å². The van der Waals surface area contributed by atoms with Crippen molar-refractivity contribution < 1.29 is 18.6 Å². The highest BCUT2D eigenvalue weighted by Gasteiger charge is 2.13. The van der Waals surface area contributed by atoms with Gasteiger partial charge in [0.1, 0.15) is 12.4 Å². The van der Waals surface area contributed by atoms with Gasteiger partial charge < -0.3 is 9.84 Å². The summed E-state index contributed by atoms with van der Waals surface area (Å²) in [6.45, 7) is 1.77. The largest absolute Gasteiger partial charge is 0.488 e. The second kappa shape index (κ2) is 6.48. The van der Waals surface area contributed by atoms with Crippen molar-refractivity contribution in [3.8, 4) is 5.75 Å². The summed E-state index contributed by atoms with van der Waals surface area (Å²) in [5, 5.41) is 9.89. The third-order valence-corrected chi connectivity index (χ3v) is 3.08. The molecule has 4 heteroatoms. The minimum atomic E-state index is -0.902. The molecule has 1 atom stereocenters. The lowest BCUT2D eigenvalue weighted by atomic mass is 10.1. The van der Waals surface area contributed by atoms with Crippen LogP contribution in [0, 0.1) is 11.6 Å². The molecule has 0 saturated carbocycles. The topological polar surface area (TPSA) is 29.5 Å². The maximum Gasteiger partial charge on any atom is 0.165 e. The first-order valence-corrected chi connectivity index (χ1v) is 6.46. The van der Waals surface area contributed by atoms with E-state index in [1.54, 1.807) is 24.3 Å². The van der Waals surface area contributed by atoms with E-state index in [0.29, 0.717) is 17.7 Å². The van der Waals surface area contributed by atoms with Gasteiger partial charge >= 0.3 is 0 Å². The molecule has 0 heterocycles. The number of hydrogen-bond donors (Lipinski definition) is 1. The van der Waals surface area contributed by atoms with Crippen LogP contribution in [0.3, 0.4) is 0 Å². The van der Waals surface area contributed by atoms with Crippen molar-refractivity contribution in [2.24, 2.45) is 0 Å². The Morgan fingerprint density at radius 2 is 1.85 bits per heavy atom. The Morgan fingerprint density at radius 3 is 2.60 bits per heavy atom. The van der Waals surface area contributed by atoms with E-state index in [1.807, 2.05) is 6.92 Å². The summed E-state index contributed by atoms with van der Waals surface area (Å²) in [5.74, 6) is -1.32. The summed E-state index contributed by atoms with van der Waals surface area (Å²) in [4.78, 5) is 0. The molecule has 0 saturated heterocycles. The maximum absolute atomic E-state index is 13.5. The van der Waals surface area contributed by atoms with Gasteiger partial charge in [0.15, 0.2) is 11.6 Å². The Kier molecular flexibility index (Phi) is 4.69. The van der Waals surface area contributed by atoms with E-state index in [0.717, 1.165) is 6.07 Å². The lowest BCUT2D eigenvalue weighted by molar-refractivity contribution is 0.166. The van der Waals surface area contributed by atoms with Crippen LogP contribution in [-0.2, 0) is 6.61 Å². The number of aliphatic hydroxyl groups is 1. The van der Waals surface area contributed by atoms with Crippen LogP contribution in [0.1, 0.15) is 30.6 Å². The first kappa shape index (κ1) is 14.5. The van der Waals surface area contributed by atoms with Gasteiger partial charge in [-0.3, -0.25) is 0 Å². The highest BCUT2D eigenvalue weighted by atomic mass is 19.2. The van der Waals surface area contributed by atoms with E-state index in [4.69, 9.17) is 4.74 Å². The van der Waals surface area contributed by atoms with Crippen molar-refractivity contribution in [1.82, 2.24) is 0 Å². The summed E-state index contributed by atoms with van der Waals surface area (Å²) >= 11 is 0. The van der Waals surface area contributed by atoms with Crippen molar-refractivity contribution in [2.45, 2.75) is 26.1 Å². The molecule has 0 spiro atoms. The number of benzene rings is 2. The third kappa shape index (κ3) is 3.14. The van der Waals surface area contributed by atoms with E-state index in [9.17, 15) is 13.9 Å². The van der Waals surface area contributed by atoms with Gasteiger partial charge in [-0.05, 0) is 18.6 Å². The van der Waals surface area contributed by atoms with Gasteiger partial charge in [0.05, 0.1) is 6.10 Å². The molecular formula is C16H16F2O2. The van der Waals surface area contributed by atoms with E-state index in [2.05, 4.69) is 0 Å². The molecule has 2 nitrogen and oxygen atoms in total. The van der Waals surface area contributed by atoms with E-state index >= 15 is 0 Å². The number of ether oxygens (including phenoxy) is 1. The average Bonchev–Trinajstić information content (AvgIpc) is 2.48. The third-order valence-electron chi connectivity index (χ3n) is 3.08. The fourth-order valence-corrected chi connectivity index (χ4v) is 1.92. The van der Waals surface area contributed by atoms with Crippen molar-refractivity contribution >= 4 is 0 Å². The van der Waals surface area contributed by atoms with Gasteiger partial charge in [-0.1, -0.05) is 37.3 Å². The van der Waals surface area contributed by atoms with Gasteiger partial charge in [-0.15, -0.1) is 0 Å². The van der Waals surface area contributed by atoms with Crippen LogP contribution in [0.4, 0.5) is 8.78 Å². The fraction of sp³-hybridized carbons (Fsp3) is 0.250. The van der Waals surface area contributed by atoms with E-state index < -0.39 is 17.7 Å². The molecule has 0 radical (unpaired) electrons. The molecule has 106 valence electrons. The second-order valence-corrected chi connectivity index (χ2v) is 4.46. The number of aliphatic hydroxyl groups excluding tert-OH is 1. The molecule has 0 aliphatic rings. The first-order valence-electron chi connectivity index (χ1n) is 6.46. The second-order valence-electron chi connectivity index (χ2n) is 4.46. The SMILES string of the molecule is CC[C@@H](O)c1ccccc1OCc1cccc(F)c1F. The highest BCUT2D eigenvalue weighted by molar-refractivity contribution is 5.35. The molecule has 2 aromatic carbocycles. The predicted octanol–water partition coefficient (Wildman–Crippen LogP) is 3.99. The Hall–Kier alpha value is -1.94. The monoisotopic (exact) mass is 278 g/mol. The van der Waals surface area contributed by atoms with Gasteiger partial charge in [0, 0.05) is 11.1 Å². The molecule has 0 unspecified atom stereocenters. The molecule has 20 heavy (non-hydrogen) atoms. The Labute approximate surface area is 116 Å². The Bertz CT molecular complexity index is 584. The standard InChI is InChI=1S/C16H16F2O2/c1-2-14(19)12-7-3-4-9-15(12)20-10-11-6-5-8-13(17)16(11)18/h3-9,14,19H,2,10H2,1H3/t14-/m1/s1. The molecule has 0 aliphatic carbocycles. The number of hydrogen-bond acceptors (Lipinski definition) is 2. The Balaban J connectivity index is 2.17. The molecule has 0 aliphatic heterocycles. The van der Waals surface area contributed by atoms with Gasteiger partial charge in [0.25, 0.3) is 0 Å². The van der Waals surface area contributed by atoms with Crippen LogP contribution in [0.5, 0.6) is 5.75 Å². The van der Waals surface area contributed by atoms with Crippen molar-refractivity contribution in [3.63, 3.8) is 0 Å². The Morgan fingerprint density at radius 1 is 1.10 bits per heavy atom. The zero-order chi connectivity index (χ0) is 14.5. The van der Waals surface area contributed by atoms with Crippen LogP contribution < -0.4 is 4.74 Å². The van der Waals surface area contributed by atoms with Crippen molar-refractivity contribution in [2.75, 3.05) is 0 Å². The fourth-order valence-electron chi connectivity index (χ4n) is 1.92. The molecule has 0 amide bonds. The predicted molar refractivity (Wildman–Crippen MR) is 72.4 cm³/mol. The zero-order valence-electron chi connectivity index (χ0n) is 11.1. The summed E-state index contributed by atoms with van der Waals surface area (Å²) in [6.07, 6.45) is -0.0853. The van der Waals surface area contributed by atoms with Gasteiger partial charge in [-0.2, -0.15) is 0 Å². The quantitative estimate of drug-likeness (QED) is 0.896. The van der Waals surface area contributed by atoms with E-state index in [1.165, 1.54) is 12.1 Å². The van der Waals surface area contributed by atoms with Crippen molar-refractivity contribution in [3.05, 3.63) is 65.2 Å². The number of para-hydroxylation sites is 1. The van der Waals surface area contributed by atoms with E-state index in [-0.39, 0.29) is 12.2 Å². The summed E-state index contributed by atoms with van der Waals surface area (Å²) < 4.78 is 32.1. The van der Waals surface area contributed by atoms with Crippen LogP contribution in [0.25, 0.3) is 0 Å². The maximum atomic E-state index is 13.5. The smallest absolute Gasteiger partial charge is 0.165 e. The van der Waals surface area contributed by atoms with Crippen LogP contribution in [0.2, 0.25) is 0 Å². The number of rotatable bonds is 5. The molecular weight excluding hydrogens is 262 g/mol. The molecule has 1 N–H and O–H groups in total. The highest BCUT2D eigenvalue weighted by Crippen LogP contribution is 2.27. The van der Waals surface area contributed by atoms with Crippen LogP contribution in [-0.4, -0.2) is 5.11 Å². The summed E-state index contributed by atoms with van der Waals surface area (Å²) in [6, 6.07) is 11.0. The summed E-state index contributed by atoms with van der Waals surface area (Å²) in [7, 11) is 0. The minimum Gasteiger partial charge on any atom is -0.488 e. The molecule has 0 bridgehead atoms. The lowest BCUT2D eigenvalue weighted by Gasteiger charge is -2.15. The minimum absolute atomic E-state index is 0.0863. The van der Waals surface area contributed by atoms with Crippen LogP contribution >= 0.6 is 0 Å². The average molecular weight is 278 g/mol. The van der Waals surface area contributed by atoms with Crippen molar-refractivity contribution in [1.29, 1.82) is 0 Å². The normalized spacial score (nSPS) is 12.2. The molecule has 0 fully saturated rings. The first-order chi connectivity index (χ1) is 9.63. The lowest BCUT2D eigenvalue weighted by Crippen LogP contribution is -2.04. The zero-order valence-corrected chi connectivity index (χ0v) is 11.1. The number of halogens is 2. The molecule has 2 aromatic rings. The summed E-state index contributed by atoms with van der Waals surface area (Å²) in [5.41, 5.74) is 0.789. The molecule has 0 aromatic heterocycles. The van der Waals surface area contributed by atoms with Gasteiger partial charge in [-0.25, -0.2) is 8.78 Å². The van der Waals surface area contributed by atoms with Gasteiger partial charge in [0.2, 0.25) is 0 Å².